The van der Waals surface area contributed by atoms with Gasteiger partial charge in [-0.05, 0) is 53.0 Å². The Kier molecular flexibility index (Phi) is 11.2. The molecule has 5 aromatic rings. The highest BCUT2D eigenvalue weighted by Crippen LogP contribution is 2.39. The molecule has 1 aromatic heterocycles. The van der Waals surface area contributed by atoms with Crippen molar-refractivity contribution in [3.63, 3.8) is 0 Å². The molecule has 1 heterocycles. The molecule has 46 heavy (non-hydrogen) atoms. The van der Waals surface area contributed by atoms with E-state index < -0.39 is 8.32 Å². The summed E-state index contributed by atoms with van der Waals surface area (Å²) in [4.78, 5) is 19.3. The zero-order valence-corrected chi connectivity index (χ0v) is 29.8. The highest BCUT2D eigenvalue weighted by Gasteiger charge is 2.50. The first-order valence-electron chi connectivity index (χ1n) is 15.5. The summed E-state index contributed by atoms with van der Waals surface area (Å²) in [5.41, 5.74) is 3.06. The number of hydrogen-bond acceptors (Lipinski definition) is 7. The molecule has 0 spiro atoms. The lowest BCUT2D eigenvalue weighted by molar-refractivity contribution is -0.145. The van der Waals surface area contributed by atoms with Crippen LogP contribution in [0.3, 0.4) is 0 Å². The zero-order valence-electron chi connectivity index (χ0n) is 27.1. The van der Waals surface area contributed by atoms with Crippen molar-refractivity contribution in [1.29, 1.82) is 0 Å². The number of thioether (sulfide) groups is 1. The van der Waals surface area contributed by atoms with E-state index in [2.05, 4.69) is 112 Å². The number of esters is 1. The van der Waals surface area contributed by atoms with Gasteiger partial charge in [-0.2, -0.15) is 0 Å². The Hall–Kier alpha value is -3.69. The van der Waals surface area contributed by atoms with E-state index in [1.807, 2.05) is 25.1 Å². The van der Waals surface area contributed by atoms with E-state index in [9.17, 15) is 4.79 Å². The van der Waals surface area contributed by atoms with E-state index in [-0.39, 0.29) is 17.6 Å². The molecule has 5 nitrogen and oxygen atoms in total. The maximum absolute atomic E-state index is 11.8. The van der Waals surface area contributed by atoms with Crippen LogP contribution in [0.4, 0.5) is 0 Å². The summed E-state index contributed by atoms with van der Waals surface area (Å²) in [6.45, 7) is 11.3. The van der Waals surface area contributed by atoms with Crippen LogP contribution in [0.25, 0.3) is 10.6 Å². The number of ether oxygens (including phenoxy) is 2. The number of aromatic nitrogens is 1. The van der Waals surface area contributed by atoms with Crippen molar-refractivity contribution in [3.05, 3.63) is 125 Å². The summed E-state index contributed by atoms with van der Waals surface area (Å²) < 4.78 is 18.0. The quantitative estimate of drug-likeness (QED) is 0.0714. The van der Waals surface area contributed by atoms with Crippen molar-refractivity contribution < 1.29 is 18.7 Å². The second-order valence-corrected chi connectivity index (χ2v) is 18.5. The van der Waals surface area contributed by atoms with E-state index in [0.717, 1.165) is 32.5 Å². The van der Waals surface area contributed by atoms with Crippen LogP contribution >= 0.6 is 23.1 Å². The van der Waals surface area contributed by atoms with Gasteiger partial charge in [-0.25, -0.2) is 9.78 Å². The second kappa shape index (κ2) is 15.3. The number of rotatable bonds is 13. The van der Waals surface area contributed by atoms with E-state index in [4.69, 9.17) is 18.9 Å². The Morgan fingerprint density at radius 2 is 1.48 bits per heavy atom. The van der Waals surface area contributed by atoms with Crippen molar-refractivity contribution in [1.82, 2.24) is 4.98 Å². The van der Waals surface area contributed by atoms with Gasteiger partial charge in [-0.1, -0.05) is 112 Å². The van der Waals surface area contributed by atoms with Gasteiger partial charge < -0.3 is 13.9 Å². The SMILES string of the molecule is CCOC(=O)COc1ccc(SCc2sc(-c3ccccc3)nc2CO[Si](c2ccccc2)(c2ccccc2)C(C)(C)C)cc1C. The van der Waals surface area contributed by atoms with Crippen molar-refractivity contribution in [3.8, 4) is 16.3 Å². The predicted molar refractivity (Wildman–Crippen MR) is 193 cm³/mol. The summed E-state index contributed by atoms with van der Waals surface area (Å²) in [6.07, 6.45) is 0. The maximum atomic E-state index is 11.8. The van der Waals surface area contributed by atoms with Crippen molar-refractivity contribution in [2.75, 3.05) is 13.2 Å². The van der Waals surface area contributed by atoms with E-state index in [1.165, 1.54) is 15.3 Å². The fraction of sp³-hybridized carbons (Fsp3) is 0.263. The summed E-state index contributed by atoms with van der Waals surface area (Å²) in [5.74, 6) is 1.07. The third-order valence-corrected chi connectivity index (χ3v) is 15.1. The van der Waals surface area contributed by atoms with Crippen molar-refractivity contribution in [2.24, 2.45) is 0 Å². The Morgan fingerprint density at radius 3 is 2.04 bits per heavy atom. The van der Waals surface area contributed by atoms with Crippen molar-refractivity contribution in [2.45, 2.75) is 56.9 Å². The first kappa shape index (κ1) is 33.7. The van der Waals surface area contributed by atoms with Crippen LogP contribution in [0.2, 0.25) is 5.04 Å². The van der Waals surface area contributed by atoms with Crippen LogP contribution in [0.15, 0.2) is 114 Å². The Bertz CT molecular complexity index is 1680. The van der Waals surface area contributed by atoms with Gasteiger partial charge in [-0.15, -0.1) is 23.1 Å². The normalized spacial score (nSPS) is 11.8. The maximum Gasteiger partial charge on any atom is 0.344 e. The third kappa shape index (κ3) is 7.81. The molecule has 0 unspecified atom stereocenters. The van der Waals surface area contributed by atoms with Gasteiger partial charge in [0.25, 0.3) is 8.32 Å². The smallest absolute Gasteiger partial charge is 0.344 e. The number of aryl methyl sites for hydroxylation is 1. The lowest BCUT2D eigenvalue weighted by atomic mass is 10.2. The Labute approximate surface area is 282 Å². The molecule has 0 aliphatic rings. The van der Waals surface area contributed by atoms with Crippen LogP contribution in [-0.4, -0.2) is 32.5 Å². The molecule has 5 rings (SSSR count). The third-order valence-electron chi connectivity index (χ3n) is 7.81. The fourth-order valence-electron chi connectivity index (χ4n) is 5.61. The van der Waals surface area contributed by atoms with Crippen LogP contribution in [0.5, 0.6) is 5.75 Å². The second-order valence-electron chi connectivity index (χ2n) is 12.0. The lowest BCUT2D eigenvalue weighted by Crippen LogP contribution is -2.66. The lowest BCUT2D eigenvalue weighted by Gasteiger charge is -2.43. The van der Waals surface area contributed by atoms with Crippen LogP contribution in [-0.2, 0) is 26.3 Å². The van der Waals surface area contributed by atoms with E-state index in [0.29, 0.717) is 19.0 Å². The van der Waals surface area contributed by atoms with Gasteiger partial charge in [0.1, 0.15) is 10.8 Å². The molecule has 0 amide bonds. The number of carbonyl (C=O) groups is 1. The Balaban J connectivity index is 1.44. The molecule has 238 valence electrons. The molecule has 0 atom stereocenters. The van der Waals surface area contributed by atoms with Gasteiger partial charge in [-0.3, -0.25) is 0 Å². The molecule has 0 N–H and O–H groups in total. The average Bonchev–Trinajstić information content (AvgIpc) is 3.47. The summed E-state index contributed by atoms with van der Waals surface area (Å²) in [7, 11) is -2.74. The van der Waals surface area contributed by atoms with Gasteiger partial charge in [0.15, 0.2) is 6.61 Å². The van der Waals surface area contributed by atoms with Crippen LogP contribution in [0.1, 0.15) is 43.8 Å². The molecular weight excluding hydrogens is 627 g/mol. The minimum atomic E-state index is -2.74. The minimum absolute atomic E-state index is 0.0982. The van der Waals surface area contributed by atoms with Gasteiger partial charge >= 0.3 is 5.97 Å². The minimum Gasteiger partial charge on any atom is -0.482 e. The molecule has 0 aliphatic carbocycles. The van der Waals surface area contributed by atoms with Gasteiger partial charge in [0.2, 0.25) is 0 Å². The first-order chi connectivity index (χ1) is 22.2. The topological polar surface area (TPSA) is 57.7 Å². The number of benzene rings is 4. The van der Waals surface area contributed by atoms with E-state index in [1.54, 1.807) is 30.0 Å². The first-order valence-corrected chi connectivity index (χ1v) is 19.2. The number of hydrogen-bond donors (Lipinski definition) is 0. The van der Waals surface area contributed by atoms with Crippen LogP contribution < -0.4 is 15.1 Å². The number of thiazole rings is 1. The van der Waals surface area contributed by atoms with Crippen LogP contribution in [0, 0.1) is 6.92 Å². The summed E-state index contributed by atoms with van der Waals surface area (Å²) in [5, 5.41) is 3.38. The molecule has 0 aliphatic heterocycles. The van der Waals surface area contributed by atoms with Gasteiger partial charge in [0.05, 0.1) is 18.9 Å². The van der Waals surface area contributed by atoms with E-state index >= 15 is 0 Å². The molecule has 0 bridgehead atoms. The molecule has 8 heteroatoms. The zero-order chi connectivity index (χ0) is 32.6. The highest BCUT2D eigenvalue weighted by molar-refractivity contribution is 7.98. The Morgan fingerprint density at radius 1 is 0.870 bits per heavy atom. The summed E-state index contributed by atoms with van der Waals surface area (Å²) in [6, 6.07) is 37.9. The molecule has 0 saturated heterocycles. The molecule has 0 fully saturated rings. The molecule has 0 radical (unpaired) electrons. The van der Waals surface area contributed by atoms with Crippen molar-refractivity contribution >= 4 is 47.8 Å². The summed E-state index contributed by atoms with van der Waals surface area (Å²) >= 11 is 3.49. The predicted octanol–water partition coefficient (Wildman–Crippen LogP) is 8.43. The van der Waals surface area contributed by atoms with Gasteiger partial charge in [0, 0.05) is 21.1 Å². The number of nitrogens with zero attached hydrogens (tertiary/aromatic N) is 1. The monoisotopic (exact) mass is 667 g/mol. The molecular formula is C38H41NO4S2Si. The highest BCUT2D eigenvalue weighted by atomic mass is 32.2. The standard InChI is InChI=1S/C38H41NO4S2Si/c1-6-41-36(40)26-42-34-23-22-30(24-28(34)2)44-27-35-33(39-37(45-35)29-16-10-7-11-17-29)25-43-46(38(3,4)5,31-18-12-8-13-19-31)32-20-14-9-15-21-32/h7-24H,6,25-27H2,1-5H3. The fourth-order valence-corrected chi connectivity index (χ4v) is 12.3. The number of carbonyl (C=O) groups excluding carboxylic acids is 1. The average molecular weight is 668 g/mol. The largest absolute Gasteiger partial charge is 0.482 e. The molecule has 4 aromatic carbocycles. The molecule has 0 saturated carbocycles.